The van der Waals surface area contributed by atoms with Crippen molar-refractivity contribution in [2.24, 2.45) is 0 Å². The van der Waals surface area contributed by atoms with Crippen molar-refractivity contribution in [1.82, 2.24) is 0 Å². The van der Waals surface area contributed by atoms with E-state index in [9.17, 15) is 0 Å². The largest absolute Gasteiger partial charge is 1.00 e. The van der Waals surface area contributed by atoms with Gasteiger partial charge in [0.05, 0.1) is 0 Å². The van der Waals surface area contributed by atoms with Crippen LogP contribution in [0.1, 0.15) is 81.3 Å². The minimum atomic E-state index is -0.116. The van der Waals surface area contributed by atoms with Gasteiger partial charge in [-0.25, -0.2) is 0 Å². The molecule has 2 aliphatic rings. The number of hydrogen-bond acceptors (Lipinski definition) is 0. The van der Waals surface area contributed by atoms with Crippen LogP contribution in [0.2, 0.25) is 10.0 Å². The van der Waals surface area contributed by atoms with Gasteiger partial charge in [-0.05, 0) is 0 Å². The Morgan fingerprint density at radius 2 is 1.25 bits per heavy atom. The molecule has 5 heteroatoms. The second kappa shape index (κ2) is 13.1. The molecule has 0 fully saturated rings. The zero-order valence-electron chi connectivity index (χ0n) is 25.9. The third-order valence-corrected chi connectivity index (χ3v) is 10.2. The fourth-order valence-electron chi connectivity index (χ4n) is 6.38. The van der Waals surface area contributed by atoms with Gasteiger partial charge in [0.2, 0.25) is 0 Å². The Kier molecular flexibility index (Phi) is 10.4. The molecule has 0 aromatic heterocycles. The van der Waals surface area contributed by atoms with E-state index in [0.717, 1.165) is 27.6 Å². The number of halogens is 4. The minimum Gasteiger partial charge on any atom is -1.00 e. The molecule has 2 aliphatic carbocycles. The Morgan fingerprint density at radius 3 is 1.73 bits per heavy atom. The predicted octanol–water partition coefficient (Wildman–Crippen LogP) is 3.87. The van der Waals surface area contributed by atoms with Crippen molar-refractivity contribution >= 4 is 37.6 Å². The van der Waals surface area contributed by atoms with Gasteiger partial charge in [0, 0.05) is 0 Å². The van der Waals surface area contributed by atoms with Crippen LogP contribution >= 0.6 is 23.2 Å². The van der Waals surface area contributed by atoms with Crippen molar-refractivity contribution in [3.05, 3.63) is 145 Å². The zero-order valence-corrected chi connectivity index (χ0v) is 31.4. The number of hydrogen-bond donors (Lipinski definition) is 0. The molecule has 6 rings (SSSR count). The summed E-state index contributed by atoms with van der Waals surface area (Å²) in [5, 5.41) is 4.16. The molecule has 0 radical (unpaired) electrons. The Hall–Kier alpha value is -1.86. The second-order valence-electron chi connectivity index (χ2n) is 13.4. The Labute approximate surface area is 299 Å². The molecule has 0 heterocycles. The summed E-state index contributed by atoms with van der Waals surface area (Å²) in [6, 6.07) is 26.2. The molecule has 0 N–H and O–H groups in total. The van der Waals surface area contributed by atoms with E-state index in [1.54, 1.807) is 0 Å². The number of rotatable bonds is 3. The van der Waals surface area contributed by atoms with Crippen molar-refractivity contribution in [3.8, 4) is 11.1 Å². The molecule has 0 aliphatic heterocycles. The molecule has 0 spiro atoms. The van der Waals surface area contributed by atoms with Crippen LogP contribution in [0.5, 0.6) is 0 Å². The molecule has 0 saturated heterocycles. The smallest absolute Gasteiger partial charge is 1.00 e. The van der Waals surface area contributed by atoms with Crippen molar-refractivity contribution in [2.45, 2.75) is 58.8 Å². The first-order valence-corrected chi connectivity index (χ1v) is 16.5. The third-order valence-electron chi connectivity index (χ3n) is 8.40. The zero-order chi connectivity index (χ0) is 30.0. The van der Waals surface area contributed by atoms with Gasteiger partial charge in [0.25, 0.3) is 0 Å². The molecular weight excluding hydrogens is 701 g/mol. The molecule has 0 amide bonds. The fraction of sp³-hybridized carbons (Fsp3) is 0.231. The molecular formula is C39H35Cl4Zr. The SMILES string of the molecule is CC(C)(C)c1ccc2c(c1)[C]([Zr+2])=c1c-2cc(=C(c2ccc(Cl)cc2)c2ccc(Cl)cc2)c(C(C)(C)C)c1C1=CC=CC1.[Cl-].[Cl-]. The monoisotopic (exact) mass is 733 g/mol. The summed E-state index contributed by atoms with van der Waals surface area (Å²) in [6.07, 6.45) is 7.77. The van der Waals surface area contributed by atoms with E-state index in [-0.39, 0.29) is 35.6 Å². The third kappa shape index (κ3) is 6.39. The summed E-state index contributed by atoms with van der Waals surface area (Å²) in [5.41, 5.74) is 13.1. The van der Waals surface area contributed by atoms with Crippen LogP contribution < -0.4 is 35.3 Å². The maximum Gasteiger partial charge on any atom is -1.00 e. The van der Waals surface area contributed by atoms with E-state index in [0.29, 0.717) is 0 Å². The molecule has 0 atom stereocenters. The van der Waals surface area contributed by atoms with Gasteiger partial charge in [-0.2, -0.15) is 0 Å². The average molecular weight is 737 g/mol. The van der Waals surface area contributed by atoms with Crippen LogP contribution in [0.25, 0.3) is 25.6 Å². The van der Waals surface area contributed by atoms with Crippen LogP contribution in [0.4, 0.5) is 0 Å². The molecule has 0 bridgehead atoms. The van der Waals surface area contributed by atoms with E-state index >= 15 is 0 Å². The molecule has 44 heavy (non-hydrogen) atoms. The summed E-state index contributed by atoms with van der Waals surface area (Å²) in [7, 11) is 0. The molecule has 0 unspecified atom stereocenters. The van der Waals surface area contributed by atoms with Gasteiger partial charge < -0.3 is 24.8 Å². The molecule has 4 aromatic rings. The van der Waals surface area contributed by atoms with E-state index in [1.807, 2.05) is 24.3 Å². The number of allylic oxidation sites excluding steroid dienone is 4. The van der Waals surface area contributed by atoms with Crippen LogP contribution in [0.3, 0.4) is 0 Å². The van der Waals surface area contributed by atoms with E-state index in [4.69, 9.17) is 23.2 Å². The van der Waals surface area contributed by atoms with Gasteiger partial charge in [-0.3, -0.25) is 0 Å². The van der Waals surface area contributed by atoms with Crippen molar-refractivity contribution in [1.29, 1.82) is 0 Å². The van der Waals surface area contributed by atoms with Crippen LogP contribution in [-0.2, 0) is 35.5 Å². The topological polar surface area (TPSA) is 0 Å². The van der Waals surface area contributed by atoms with Crippen molar-refractivity contribution in [3.63, 3.8) is 0 Å². The summed E-state index contributed by atoms with van der Waals surface area (Å²) < 4.78 is 1.46. The van der Waals surface area contributed by atoms with Crippen LogP contribution in [-0.4, -0.2) is 0 Å². The van der Waals surface area contributed by atoms with Gasteiger partial charge in [-0.1, -0.05) is 0 Å². The van der Waals surface area contributed by atoms with E-state index in [1.165, 1.54) is 83.0 Å². The number of fused-ring (bicyclic) bond motifs is 3. The first-order valence-electron chi connectivity index (χ1n) is 14.6. The van der Waals surface area contributed by atoms with Crippen molar-refractivity contribution < 1.29 is 49.5 Å². The number of benzene rings is 4. The second-order valence-corrected chi connectivity index (χ2v) is 15.5. The molecule has 0 nitrogen and oxygen atoms in total. The van der Waals surface area contributed by atoms with E-state index in [2.05, 4.69) is 108 Å². The van der Waals surface area contributed by atoms with Crippen molar-refractivity contribution in [2.75, 3.05) is 0 Å². The maximum atomic E-state index is 6.40. The van der Waals surface area contributed by atoms with Gasteiger partial charge in [0.1, 0.15) is 0 Å². The maximum absolute atomic E-state index is 6.40. The Bertz CT molecular complexity index is 1870. The molecule has 223 valence electrons. The Balaban J connectivity index is 0.00000221. The standard InChI is InChI=1S/C39H35Cl2.2ClH.Zr/c1-38(2,3)28-15-20-31-27(21-28)22-33-32(31)23-34(37(39(4,5)6)36(33)24-9-7-8-10-24)35(25-11-16-29(40)17-12-25)26-13-18-30(41)19-14-26;;;/h7-9,11-21,23H,10H2,1-6H3;2*1H;/q;;;+2/p-2. The van der Waals surface area contributed by atoms with Crippen LogP contribution in [0, 0.1) is 0 Å². The quantitative estimate of drug-likeness (QED) is 0.300. The predicted molar refractivity (Wildman–Crippen MR) is 177 cm³/mol. The molecule has 4 aromatic carbocycles. The summed E-state index contributed by atoms with van der Waals surface area (Å²) >= 11 is 14.2. The Morgan fingerprint density at radius 1 is 0.682 bits per heavy atom. The van der Waals surface area contributed by atoms with Gasteiger partial charge in [-0.15, -0.1) is 0 Å². The fourth-order valence-corrected chi connectivity index (χ4v) is 7.78. The van der Waals surface area contributed by atoms with Crippen LogP contribution in [0.15, 0.2) is 91.0 Å². The summed E-state index contributed by atoms with van der Waals surface area (Å²) in [5.74, 6) is 0. The normalized spacial score (nSPS) is 13.6. The van der Waals surface area contributed by atoms with Gasteiger partial charge in [0.15, 0.2) is 0 Å². The summed E-state index contributed by atoms with van der Waals surface area (Å²) in [6.45, 7) is 14.0. The minimum absolute atomic E-state index is 0. The van der Waals surface area contributed by atoms with E-state index < -0.39 is 0 Å². The first kappa shape index (κ1) is 35.0. The molecule has 0 saturated carbocycles. The summed E-state index contributed by atoms with van der Waals surface area (Å²) in [4.78, 5) is 0. The first-order chi connectivity index (χ1) is 19.8. The average Bonchev–Trinajstić information content (AvgIpc) is 3.56. The van der Waals surface area contributed by atoms with Gasteiger partial charge >= 0.3 is 277 Å².